The maximum absolute atomic E-state index is 11.4. The van der Waals surface area contributed by atoms with Gasteiger partial charge in [0.2, 0.25) is 5.91 Å². The molecule has 0 spiro atoms. The molecule has 1 unspecified atom stereocenters. The lowest BCUT2D eigenvalue weighted by atomic mass is 9.90. The van der Waals surface area contributed by atoms with Crippen LogP contribution in [0.15, 0.2) is 30.5 Å². The third-order valence-electron chi connectivity index (χ3n) is 3.73. The van der Waals surface area contributed by atoms with Crippen molar-refractivity contribution in [1.82, 2.24) is 10.3 Å². The fourth-order valence-electron chi connectivity index (χ4n) is 2.74. The Labute approximate surface area is 117 Å². The first-order chi connectivity index (χ1) is 9.07. The van der Waals surface area contributed by atoms with Gasteiger partial charge in [-0.15, -0.1) is 0 Å². The molecule has 19 heavy (non-hydrogen) atoms. The van der Waals surface area contributed by atoms with E-state index in [1.807, 2.05) is 24.3 Å². The molecule has 0 aliphatic carbocycles. The molecule has 1 aromatic heterocycles. The molecule has 1 aliphatic heterocycles. The van der Waals surface area contributed by atoms with E-state index in [0.29, 0.717) is 11.4 Å². The first-order valence-corrected chi connectivity index (χ1v) is 6.78. The number of carbonyl (C=O) groups excluding carboxylic acids is 1. The molecule has 1 atom stereocenters. The molecule has 1 amide bonds. The van der Waals surface area contributed by atoms with Crippen molar-refractivity contribution in [2.24, 2.45) is 0 Å². The molecule has 0 saturated carbocycles. The van der Waals surface area contributed by atoms with Crippen LogP contribution in [-0.2, 0) is 11.2 Å². The first-order valence-electron chi connectivity index (χ1n) is 6.41. The van der Waals surface area contributed by atoms with E-state index in [1.54, 1.807) is 6.20 Å². The van der Waals surface area contributed by atoms with Crippen molar-refractivity contribution in [2.45, 2.75) is 31.7 Å². The van der Waals surface area contributed by atoms with E-state index in [1.165, 1.54) is 0 Å². The number of nitrogens with one attached hydrogen (secondary N) is 1. The highest BCUT2D eigenvalue weighted by atomic mass is 35.5. The number of halogens is 1. The maximum atomic E-state index is 11.4. The number of aromatic nitrogens is 1. The summed E-state index contributed by atoms with van der Waals surface area (Å²) in [6.45, 7) is 2.08. The van der Waals surface area contributed by atoms with Crippen LogP contribution >= 0.6 is 11.6 Å². The zero-order valence-corrected chi connectivity index (χ0v) is 11.5. The van der Waals surface area contributed by atoms with Crippen LogP contribution < -0.4 is 5.32 Å². The molecular formula is C15H15ClN2O. The quantitative estimate of drug-likeness (QED) is 0.914. The lowest BCUT2D eigenvalue weighted by Gasteiger charge is -2.24. The standard InChI is InChI=1S/C15H15ClN2O/c1-15(7-6-13(19)18-15)9-10-4-5-12(16)11-3-2-8-17-14(10)11/h2-5,8H,6-7,9H2,1H3,(H,18,19). The fourth-order valence-corrected chi connectivity index (χ4v) is 2.96. The van der Waals surface area contributed by atoms with Crippen LogP contribution in [0, 0.1) is 0 Å². The molecular weight excluding hydrogens is 260 g/mol. The van der Waals surface area contributed by atoms with Crippen molar-refractivity contribution >= 4 is 28.4 Å². The Morgan fingerprint density at radius 2 is 2.26 bits per heavy atom. The molecule has 3 rings (SSSR count). The minimum Gasteiger partial charge on any atom is -0.351 e. The van der Waals surface area contributed by atoms with E-state index in [0.717, 1.165) is 29.3 Å². The van der Waals surface area contributed by atoms with E-state index in [-0.39, 0.29) is 11.4 Å². The summed E-state index contributed by atoms with van der Waals surface area (Å²) in [4.78, 5) is 15.9. The van der Waals surface area contributed by atoms with E-state index in [9.17, 15) is 4.79 Å². The Bertz CT molecular complexity index is 656. The Kier molecular flexibility index (Phi) is 2.94. The van der Waals surface area contributed by atoms with Crippen LogP contribution in [0.4, 0.5) is 0 Å². The molecule has 98 valence electrons. The van der Waals surface area contributed by atoms with Crippen molar-refractivity contribution in [2.75, 3.05) is 0 Å². The second-order valence-corrected chi connectivity index (χ2v) is 5.80. The number of amides is 1. The smallest absolute Gasteiger partial charge is 0.220 e. The predicted octanol–water partition coefficient (Wildman–Crippen LogP) is 3.10. The van der Waals surface area contributed by atoms with Gasteiger partial charge in [0.05, 0.1) is 5.52 Å². The van der Waals surface area contributed by atoms with Gasteiger partial charge in [0, 0.05) is 28.6 Å². The minimum atomic E-state index is -0.171. The summed E-state index contributed by atoms with van der Waals surface area (Å²) in [6, 6.07) is 7.77. The van der Waals surface area contributed by atoms with Crippen LogP contribution in [0.2, 0.25) is 5.02 Å². The zero-order chi connectivity index (χ0) is 13.5. The normalized spacial score (nSPS) is 22.7. The largest absolute Gasteiger partial charge is 0.351 e. The summed E-state index contributed by atoms with van der Waals surface area (Å²) in [5.41, 5.74) is 1.89. The lowest BCUT2D eigenvalue weighted by molar-refractivity contribution is -0.119. The SMILES string of the molecule is CC1(Cc2ccc(Cl)c3cccnc23)CCC(=O)N1. The highest BCUT2D eigenvalue weighted by Crippen LogP contribution is 2.30. The van der Waals surface area contributed by atoms with Crippen LogP contribution in [0.25, 0.3) is 10.9 Å². The second-order valence-electron chi connectivity index (χ2n) is 5.39. The molecule has 1 N–H and O–H groups in total. The van der Waals surface area contributed by atoms with Crippen LogP contribution in [-0.4, -0.2) is 16.4 Å². The van der Waals surface area contributed by atoms with E-state index >= 15 is 0 Å². The molecule has 3 nitrogen and oxygen atoms in total. The Hall–Kier alpha value is -1.61. The van der Waals surface area contributed by atoms with Crippen LogP contribution in [0.5, 0.6) is 0 Å². The van der Waals surface area contributed by atoms with Crippen LogP contribution in [0.3, 0.4) is 0 Å². The molecule has 2 aromatic rings. The number of benzene rings is 1. The fraction of sp³-hybridized carbons (Fsp3) is 0.333. The van der Waals surface area contributed by atoms with Gasteiger partial charge in [-0.05, 0) is 43.5 Å². The second kappa shape index (κ2) is 4.49. The third kappa shape index (κ3) is 2.30. The van der Waals surface area contributed by atoms with Gasteiger partial charge in [0.1, 0.15) is 0 Å². The van der Waals surface area contributed by atoms with Crippen molar-refractivity contribution in [3.8, 4) is 0 Å². The molecule has 0 bridgehead atoms. The topological polar surface area (TPSA) is 42.0 Å². The summed E-state index contributed by atoms with van der Waals surface area (Å²) < 4.78 is 0. The Morgan fingerprint density at radius 1 is 1.42 bits per heavy atom. The van der Waals surface area contributed by atoms with Crippen molar-refractivity contribution < 1.29 is 4.79 Å². The average molecular weight is 275 g/mol. The number of hydrogen-bond donors (Lipinski definition) is 1. The Morgan fingerprint density at radius 3 is 3.00 bits per heavy atom. The highest BCUT2D eigenvalue weighted by Gasteiger charge is 2.33. The molecule has 2 heterocycles. The number of pyridine rings is 1. The summed E-state index contributed by atoms with van der Waals surface area (Å²) in [7, 11) is 0. The van der Waals surface area contributed by atoms with Gasteiger partial charge in [-0.2, -0.15) is 0 Å². The summed E-state index contributed by atoms with van der Waals surface area (Å²) in [6.07, 6.45) is 4.03. The average Bonchev–Trinajstić information content (AvgIpc) is 2.73. The third-order valence-corrected chi connectivity index (χ3v) is 4.06. The molecule has 1 aliphatic rings. The van der Waals surface area contributed by atoms with Gasteiger partial charge in [-0.3, -0.25) is 9.78 Å². The molecule has 1 saturated heterocycles. The van der Waals surface area contributed by atoms with Crippen molar-refractivity contribution in [3.63, 3.8) is 0 Å². The molecule has 0 radical (unpaired) electrons. The Balaban J connectivity index is 2.02. The van der Waals surface area contributed by atoms with Crippen LogP contribution in [0.1, 0.15) is 25.3 Å². The number of fused-ring (bicyclic) bond motifs is 1. The van der Waals surface area contributed by atoms with E-state index in [2.05, 4.69) is 17.2 Å². The highest BCUT2D eigenvalue weighted by molar-refractivity contribution is 6.35. The predicted molar refractivity (Wildman–Crippen MR) is 76.2 cm³/mol. The molecule has 1 fully saturated rings. The van der Waals surface area contributed by atoms with Gasteiger partial charge in [-0.1, -0.05) is 17.7 Å². The maximum Gasteiger partial charge on any atom is 0.220 e. The zero-order valence-electron chi connectivity index (χ0n) is 10.7. The molecule has 1 aromatic carbocycles. The monoisotopic (exact) mass is 274 g/mol. The summed E-state index contributed by atoms with van der Waals surface area (Å²) >= 11 is 6.19. The minimum absolute atomic E-state index is 0.133. The van der Waals surface area contributed by atoms with Gasteiger partial charge in [-0.25, -0.2) is 0 Å². The van der Waals surface area contributed by atoms with Gasteiger partial charge >= 0.3 is 0 Å². The number of rotatable bonds is 2. The van der Waals surface area contributed by atoms with E-state index in [4.69, 9.17) is 11.6 Å². The van der Waals surface area contributed by atoms with Gasteiger partial charge in [0.15, 0.2) is 0 Å². The van der Waals surface area contributed by atoms with Crippen molar-refractivity contribution in [1.29, 1.82) is 0 Å². The number of hydrogen-bond acceptors (Lipinski definition) is 2. The van der Waals surface area contributed by atoms with Gasteiger partial charge in [0.25, 0.3) is 0 Å². The van der Waals surface area contributed by atoms with Gasteiger partial charge < -0.3 is 5.32 Å². The summed E-state index contributed by atoms with van der Waals surface area (Å²) in [5.74, 6) is 0.133. The number of nitrogens with zero attached hydrogens (tertiary/aromatic N) is 1. The lowest BCUT2D eigenvalue weighted by Crippen LogP contribution is -2.40. The number of carbonyl (C=O) groups is 1. The van der Waals surface area contributed by atoms with E-state index < -0.39 is 0 Å². The first kappa shape index (κ1) is 12.4. The summed E-state index contributed by atoms with van der Waals surface area (Å²) in [5, 5.41) is 4.74. The molecule has 4 heteroatoms. The van der Waals surface area contributed by atoms with Crippen molar-refractivity contribution in [3.05, 3.63) is 41.0 Å².